The Hall–Kier alpha value is -0.940. The van der Waals surface area contributed by atoms with E-state index in [0.29, 0.717) is 13.0 Å². The van der Waals surface area contributed by atoms with E-state index in [1.54, 1.807) is 0 Å². The second-order valence-electron chi connectivity index (χ2n) is 4.73. The zero-order chi connectivity index (χ0) is 12.5. The molecule has 94 valence electrons. The van der Waals surface area contributed by atoms with Crippen molar-refractivity contribution in [2.45, 2.75) is 24.2 Å². The second kappa shape index (κ2) is 4.38. The van der Waals surface area contributed by atoms with Crippen LogP contribution in [-0.4, -0.2) is 20.7 Å². The van der Waals surface area contributed by atoms with Gasteiger partial charge >= 0.3 is 0 Å². The van der Waals surface area contributed by atoms with E-state index in [0.717, 1.165) is 12.8 Å². The maximum Gasteiger partial charge on any atom is 0.178 e. The molecule has 0 bridgehead atoms. The van der Waals surface area contributed by atoms with Gasteiger partial charge in [0.25, 0.3) is 0 Å². The molecule has 5 heteroatoms. The lowest BCUT2D eigenvalue weighted by Gasteiger charge is -2.12. The molecule has 1 fully saturated rings. The minimum atomic E-state index is -3.30. The van der Waals surface area contributed by atoms with Gasteiger partial charge in [0.2, 0.25) is 0 Å². The molecular formula is C12H16FNO2S. The summed E-state index contributed by atoms with van der Waals surface area (Å²) in [6, 6.07) is 4.96. The average molecular weight is 257 g/mol. The van der Waals surface area contributed by atoms with Crippen molar-refractivity contribution in [1.82, 2.24) is 0 Å². The Morgan fingerprint density at radius 2 is 1.82 bits per heavy atom. The summed E-state index contributed by atoms with van der Waals surface area (Å²) >= 11 is 0. The number of sulfone groups is 1. The van der Waals surface area contributed by atoms with Gasteiger partial charge in [0.05, 0.1) is 10.6 Å². The first kappa shape index (κ1) is 12.5. The molecule has 0 radical (unpaired) electrons. The summed E-state index contributed by atoms with van der Waals surface area (Å²) in [6.07, 6.45) is 2.63. The average Bonchev–Trinajstić information content (AvgIpc) is 3.08. The fourth-order valence-corrected chi connectivity index (χ4v) is 3.33. The van der Waals surface area contributed by atoms with E-state index in [-0.39, 0.29) is 16.1 Å². The van der Waals surface area contributed by atoms with Crippen LogP contribution < -0.4 is 5.73 Å². The van der Waals surface area contributed by atoms with Crippen LogP contribution in [0.2, 0.25) is 0 Å². The summed E-state index contributed by atoms with van der Waals surface area (Å²) in [6.45, 7) is 0.548. The Morgan fingerprint density at radius 3 is 2.29 bits per heavy atom. The number of hydrogen-bond donors (Lipinski definition) is 1. The molecule has 0 heterocycles. The molecule has 1 aliphatic carbocycles. The van der Waals surface area contributed by atoms with Crippen molar-refractivity contribution in [3.05, 3.63) is 30.1 Å². The van der Waals surface area contributed by atoms with Gasteiger partial charge in [-0.2, -0.15) is 0 Å². The predicted molar refractivity (Wildman–Crippen MR) is 63.8 cm³/mol. The number of halogens is 1. The molecule has 1 aromatic rings. The highest BCUT2D eigenvalue weighted by Crippen LogP contribution is 2.48. The van der Waals surface area contributed by atoms with Crippen LogP contribution in [0.25, 0.3) is 0 Å². The zero-order valence-corrected chi connectivity index (χ0v) is 10.3. The quantitative estimate of drug-likeness (QED) is 0.817. The summed E-state index contributed by atoms with van der Waals surface area (Å²) in [5.41, 5.74) is 5.66. The molecule has 17 heavy (non-hydrogen) atoms. The Balaban J connectivity index is 2.06. The molecule has 1 aliphatic rings. The first-order chi connectivity index (χ1) is 7.97. The molecule has 1 aromatic carbocycles. The molecule has 0 spiro atoms. The fourth-order valence-electron chi connectivity index (χ4n) is 1.84. The minimum absolute atomic E-state index is 0.0487. The van der Waals surface area contributed by atoms with E-state index in [2.05, 4.69) is 0 Å². The molecule has 0 unspecified atom stereocenters. The van der Waals surface area contributed by atoms with E-state index in [1.165, 1.54) is 24.3 Å². The third-order valence-electron chi connectivity index (χ3n) is 3.46. The van der Waals surface area contributed by atoms with Gasteiger partial charge in [0.1, 0.15) is 5.82 Å². The van der Waals surface area contributed by atoms with Crippen LogP contribution in [0.5, 0.6) is 0 Å². The molecule has 0 amide bonds. The normalized spacial score (nSPS) is 18.0. The number of benzene rings is 1. The zero-order valence-electron chi connectivity index (χ0n) is 9.52. The van der Waals surface area contributed by atoms with Crippen LogP contribution >= 0.6 is 0 Å². The van der Waals surface area contributed by atoms with Crippen molar-refractivity contribution in [1.29, 1.82) is 0 Å². The lowest BCUT2D eigenvalue weighted by atomic mass is 10.1. The summed E-state index contributed by atoms with van der Waals surface area (Å²) in [5, 5.41) is 0. The van der Waals surface area contributed by atoms with E-state index in [4.69, 9.17) is 5.73 Å². The smallest absolute Gasteiger partial charge is 0.178 e. The molecule has 0 aromatic heterocycles. The third-order valence-corrected chi connectivity index (χ3v) is 5.20. The maximum absolute atomic E-state index is 12.7. The molecule has 3 nitrogen and oxygen atoms in total. The summed E-state index contributed by atoms with van der Waals surface area (Å²) in [7, 11) is -3.30. The molecule has 0 aliphatic heterocycles. The topological polar surface area (TPSA) is 60.2 Å². The Labute approximate surface area is 101 Å². The molecule has 1 saturated carbocycles. The highest BCUT2D eigenvalue weighted by atomic mass is 32.2. The van der Waals surface area contributed by atoms with Crippen molar-refractivity contribution in [2.75, 3.05) is 12.3 Å². The van der Waals surface area contributed by atoms with E-state index >= 15 is 0 Å². The van der Waals surface area contributed by atoms with Crippen molar-refractivity contribution < 1.29 is 12.8 Å². The van der Waals surface area contributed by atoms with Crippen molar-refractivity contribution >= 4 is 9.84 Å². The lowest BCUT2D eigenvalue weighted by molar-refractivity contribution is 0.498. The van der Waals surface area contributed by atoms with Crippen LogP contribution in [0.1, 0.15) is 19.3 Å². The Morgan fingerprint density at radius 1 is 1.24 bits per heavy atom. The van der Waals surface area contributed by atoms with E-state index < -0.39 is 15.7 Å². The van der Waals surface area contributed by atoms with E-state index in [9.17, 15) is 12.8 Å². The fraction of sp³-hybridized carbons (Fsp3) is 0.500. The standard InChI is InChI=1S/C12H16FNO2S/c13-10-1-3-11(4-2-10)17(15,16)8-7-12(9-14)5-6-12/h1-4H,5-9,14H2. The van der Waals surface area contributed by atoms with Gasteiger partial charge in [0, 0.05) is 0 Å². The largest absolute Gasteiger partial charge is 0.330 e. The SMILES string of the molecule is NCC1(CCS(=O)(=O)c2ccc(F)cc2)CC1. The van der Waals surface area contributed by atoms with Gasteiger partial charge in [-0.25, -0.2) is 12.8 Å². The number of nitrogens with two attached hydrogens (primary N) is 1. The number of rotatable bonds is 5. The molecule has 2 rings (SSSR count). The Kier molecular flexibility index (Phi) is 3.23. The summed E-state index contributed by atoms with van der Waals surface area (Å²) in [5.74, 6) is -0.333. The Bertz CT molecular complexity index is 492. The van der Waals surface area contributed by atoms with Gasteiger partial charge < -0.3 is 5.73 Å². The van der Waals surface area contributed by atoms with Gasteiger partial charge in [-0.05, 0) is 55.5 Å². The molecule has 2 N–H and O–H groups in total. The van der Waals surface area contributed by atoms with Crippen LogP contribution in [0.3, 0.4) is 0 Å². The summed E-state index contributed by atoms with van der Waals surface area (Å²) < 4.78 is 36.6. The minimum Gasteiger partial charge on any atom is -0.330 e. The highest BCUT2D eigenvalue weighted by molar-refractivity contribution is 7.91. The van der Waals surface area contributed by atoms with Crippen LogP contribution in [0, 0.1) is 11.2 Å². The van der Waals surface area contributed by atoms with E-state index in [1.807, 2.05) is 0 Å². The predicted octanol–water partition coefficient (Wildman–Crippen LogP) is 1.73. The van der Waals surface area contributed by atoms with Crippen molar-refractivity contribution in [3.8, 4) is 0 Å². The second-order valence-corrected chi connectivity index (χ2v) is 6.84. The van der Waals surface area contributed by atoms with Gasteiger partial charge in [-0.15, -0.1) is 0 Å². The van der Waals surface area contributed by atoms with Gasteiger partial charge in [-0.3, -0.25) is 0 Å². The van der Waals surface area contributed by atoms with Crippen LogP contribution in [0.15, 0.2) is 29.2 Å². The number of hydrogen-bond acceptors (Lipinski definition) is 3. The maximum atomic E-state index is 12.7. The van der Waals surface area contributed by atoms with Crippen molar-refractivity contribution in [2.24, 2.45) is 11.1 Å². The first-order valence-corrected chi connectivity index (χ1v) is 7.31. The molecular weight excluding hydrogens is 241 g/mol. The monoisotopic (exact) mass is 257 g/mol. The third kappa shape index (κ3) is 2.84. The first-order valence-electron chi connectivity index (χ1n) is 5.66. The van der Waals surface area contributed by atoms with Crippen LogP contribution in [0.4, 0.5) is 4.39 Å². The van der Waals surface area contributed by atoms with Gasteiger partial charge in [-0.1, -0.05) is 0 Å². The van der Waals surface area contributed by atoms with Gasteiger partial charge in [0.15, 0.2) is 9.84 Å². The highest BCUT2D eigenvalue weighted by Gasteiger charge is 2.41. The van der Waals surface area contributed by atoms with Crippen LogP contribution in [-0.2, 0) is 9.84 Å². The molecule has 0 saturated heterocycles. The molecule has 0 atom stereocenters. The summed E-state index contributed by atoms with van der Waals surface area (Å²) in [4.78, 5) is 0.187. The van der Waals surface area contributed by atoms with Crippen molar-refractivity contribution in [3.63, 3.8) is 0 Å². The lowest BCUT2D eigenvalue weighted by Crippen LogP contribution is -2.19.